The molecule has 26 heavy (non-hydrogen) atoms. The third-order valence-corrected chi connectivity index (χ3v) is 7.32. The number of carbonyl (C=O) groups is 1. The molecule has 2 atom stereocenters. The zero-order chi connectivity index (χ0) is 18.7. The van der Waals surface area contributed by atoms with Gasteiger partial charge in [0.15, 0.2) is 16.4 Å². The molecule has 7 nitrogen and oxygen atoms in total. The number of benzene rings is 1. The number of amides is 1. The molecule has 9 heteroatoms. The van der Waals surface area contributed by atoms with Gasteiger partial charge in [0.25, 0.3) is 5.91 Å². The third-order valence-electron chi connectivity index (χ3n) is 4.95. The van der Waals surface area contributed by atoms with Gasteiger partial charge in [-0.3, -0.25) is 4.79 Å². The zero-order valence-corrected chi connectivity index (χ0v) is 16.4. The van der Waals surface area contributed by atoms with Crippen LogP contribution in [0.25, 0.3) is 0 Å². The van der Waals surface area contributed by atoms with Gasteiger partial charge in [0.1, 0.15) is 5.75 Å². The largest absolute Gasteiger partial charge is 0.497 e. The highest BCUT2D eigenvalue weighted by molar-refractivity contribution is 7.91. The molecule has 0 saturated carbocycles. The van der Waals surface area contributed by atoms with Gasteiger partial charge in [0, 0.05) is 5.69 Å². The number of quaternary nitrogens is 1. The quantitative estimate of drug-likeness (QED) is 0.612. The summed E-state index contributed by atoms with van der Waals surface area (Å²) in [4.78, 5) is 15.7. The zero-order valence-electron chi connectivity index (χ0n) is 14.8. The summed E-state index contributed by atoms with van der Waals surface area (Å²) in [6, 6.07) is 7.49. The lowest BCUT2D eigenvalue weighted by molar-refractivity contribution is -0.892. The third kappa shape index (κ3) is 4.81. The first-order chi connectivity index (χ1) is 12.4. The predicted molar refractivity (Wildman–Crippen MR) is 101 cm³/mol. The predicted octanol–water partition coefficient (Wildman–Crippen LogP) is -1.08. The van der Waals surface area contributed by atoms with Crippen LogP contribution in [0.15, 0.2) is 24.3 Å². The van der Waals surface area contributed by atoms with Gasteiger partial charge < -0.3 is 19.9 Å². The van der Waals surface area contributed by atoms with Gasteiger partial charge in [-0.1, -0.05) is 0 Å². The lowest BCUT2D eigenvalue weighted by Gasteiger charge is -2.33. The molecule has 3 rings (SSSR count). The molecule has 2 N–H and O–H groups in total. The number of piperazine rings is 1. The molecule has 0 bridgehead atoms. The Balaban J connectivity index is 1.45. The number of hydrogen-bond acceptors (Lipinski definition) is 5. The Kier molecular flexibility index (Phi) is 5.94. The van der Waals surface area contributed by atoms with E-state index in [1.54, 1.807) is 7.11 Å². The number of nitrogens with zero attached hydrogens (tertiary/aromatic N) is 1. The molecule has 0 radical (unpaired) electrons. The maximum atomic E-state index is 12.2. The van der Waals surface area contributed by atoms with Crippen LogP contribution in [0.2, 0.25) is 0 Å². The van der Waals surface area contributed by atoms with E-state index in [0.717, 1.165) is 37.6 Å². The molecule has 0 aromatic heterocycles. The van der Waals surface area contributed by atoms with Crippen LogP contribution in [0.5, 0.6) is 5.75 Å². The highest BCUT2D eigenvalue weighted by Crippen LogP contribution is 2.19. The molecule has 1 amide bonds. The first kappa shape index (κ1) is 19.3. The minimum atomic E-state index is -3.14. The van der Waals surface area contributed by atoms with Gasteiger partial charge in [0.2, 0.25) is 0 Å². The van der Waals surface area contributed by atoms with E-state index in [0.29, 0.717) is 6.54 Å². The van der Waals surface area contributed by atoms with E-state index >= 15 is 0 Å². The second-order valence-corrected chi connectivity index (χ2v) is 9.59. The van der Waals surface area contributed by atoms with Gasteiger partial charge in [-0.15, -0.1) is 11.6 Å². The Morgan fingerprint density at radius 1 is 1.27 bits per heavy atom. The van der Waals surface area contributed by atoms with Crippen molar-refractivity contribution in [2.75, 3.05) is 56.2 Å². The Labute approximate surface area is 159 Å². The number of hydrogen-bond donors (Lipinski definition) is 2. The van der Waals surface area contributed by atoms with Crippen LogP contribution >= 0.6 is 11.6 Å². The van der Waals surface area contributed by atoms with Crippen LogP contribution in [0.1, 0.15) is 0 Å². The number of anilines is 1. The van der Waals surface area contributed by atoms with Crippen LogP contribution in [-0.2, 0) is 14.6 Å². The van der Waals surface area contributed by atoms with Crippen molar-refractivity contribution in [3.63, 3.8) is 0 Å². The van der Waals surface area contributed by atoms with Crippen LogP contribution < -0.4 is 19.9 Å². The number of nitrogens with one attached hydrogen (secondary N) is 2. The van der Waals surface area contributed by atoms with Crippen molar-refractivity contribution in [3.8, 4) is 5.75 Å². The van der Waals surface area contributed by atoms with Gasteiger partial charge in [0.05, 0.1) is 56.2 Å². The van der Waals surface area contributed by atoms with E-state index in [9.17, 15) is 13.2 Å². The molecule has 2 aliphatic rings. The second-order valence-electron chi connectivity index (χ2n) is 6.88. The fourth-order valence-electron chi connectivity index (χ4n) is 3.47. The number of alkyl halides is 1. The molecular weight excluding hydrogens is 378 g/mol. The molecule has 2 fully saturated rings. The van der Waals surface area contributed by atoms with Crippen LogP contribution in [0.4, 0.5) is 5.69 Å². The molecule has 2 aliphatic heterocycles. The SMILES string of the molecule is COc1ccc(N2CC[NH+](CC(=O)N[C@@H]3CS(=O)(=O)C[C@H]3Cl)CC2)cc1. The first-order valence-electron chi connectivity index (χ1n) is 8.73. The van der Waals surface area contributed by atoms with Gasteiger partial charge in [-0.05, 0) is 24.3 Å². The topological polar surface area (TPSA) is 80.2 Å². The monoisotopic (exact) mass is 402 g/mol. The van der Waals surface area contributed by atoms with Crippen molar-refractivity contribution in [2.45, 2.75) is 11.4 Å². The lowest BCUT2D eigenvalue weighted by Crippen LogP contribution is -3.16. The number of methoxy groups -OCH3 is 1. The highest BCUT2D eigenvalue weighted by atomic mass is 35.5. The average molecular weight is 403 g/mol. The summed E-state index contributed by atoms with van der Waals surface area (Å²) in [6.45, 7) is 3.78. The summed E-state index contributed by atoms with van der Waals surface area (Å²) in [5.41, 5.74) is 1.15. The molecule has 144 valence electrons. The summed E-state index contributed by atoms with van der Waals surface area (Å²) < 4.78 is 28.3. The Bertz CT molecular complexity index is 733. The molecule has 2 heterocycles. The van der Waals surface area contributed by atoms with Gasteiger partial charge in [-0.2, -0.15) is 0 Å². The first-order valence-corrected chi connectivity index (χ1v) is 11.0. The number of rotatable bonds is 5. The normalized spacial score (nSPS) is 25.8. The van der Waals surface area contributed by atoms with E-state index in [1.807, 2.05) is 24.3 Å². The van der Waals surface area contributed by atoms with Crippen molar-refractivity contribution in [1.29, 1.82) is 0 Å². The smallest absolute Gasteiger partial charge is 0.275 e. The Morgan fingerprint density at radius 3 is 2.46 bits per heavy atom. The van der Waals surface area contributed by atoms with E-state index in [2.05, 4.69) is 10.2 Å². The second kappa shape index (κ2) is 8.02. The molecule has 0 unspecified atom stereocenters. The van der Waals surface area contributed by atoms with E-state index in [-0.39, 0.29) is 17.4 Å². The number of halogens is 1. The summed E-state index contributed by atoms with van der Waals surface area (Å²) in [5.74, 6) is 0.576. The van der Waals surface area contributed by atoms with E-state index in [1.165, 1.54) is 4.90 Å². The highest BCUT2D eigenvalue weighted by Gasteiger charge is 2.37. The lowest BCUT2D eigenvalue weighted by atomic mass is 10.2. The molecule has 2 saturated heterocycles. The molecule has 1 aromatic carbocycles. The summed E-state index contributed by atoms with van der Waals surface area (Å²) >= 11 is 6.04. The number of carbonyl (C=O) groups excluding carboxylic acids is 1. The molecule has 0 spiro atoms. The number of sulfone groups is 1. The average Bonchev–Trinajstić information content (AvgIpc) is 2.87. The summed E-state index contributed by atoms with van der Waals surface area (Å²) in [6.07, 6.45) is 0. The molecule has 1 aromatic rings. The van der Waals surface area contributed by atoms with Crippen molar-refractivity contribution < 1.29 is 22.8 Å². The van der Waals surface area contributed by atoms with E-state index in [4.69, 9.17) is 16.3 Å². The van der Waals surface area contributed by atoms with Crippen molar-refractivity contribution in [3.05, 3.63) is 24.3 Å². The van der Waals surface area contributed by atoms with Gasteiger partial charge in [-0.25, -0.2) is 8.42 Å². The molecule has 0 aliphatic carbocycles. The van der Waals surface area contributed by atoms with Crippen molar-refractivity contribution >= 4 is 33.0 Å². The van der Waals surface area contributed by atoms with Crippen LogP contribution in [-0.4, -0.2) is 77.1 Å². The van der Waals surface area contributed by atoms with E-state index < -0.39 is 21.3 Å². The van der Waals surface area contributed by atoms with Crippen molar-refractivity contribution in [1.82, 2.24) is 5.32 Å². The number of ether oxygens (including phenoxy) is 1. The Morgan fingerprint density at radius 2 is 1.92 bits per heavy atom. The maximum Gasteiger partial charge on any atom is 0.275 e. The fourth-order valence-corrected chi connectivity index (χ4v) is 6.02. The minimum Gasteiger partial charge on any atom is -0.497 e. The van der Waals surface area contributed by atoms with Crippen molar-refractivity contribution in [2.24, 2.45) is 0 Å². The summed E-state index contributed by atoms with van der Waals surface area (Å²) in [5, 5.41) is 2.25. The maximum absolute atomic E-state index is 12.2. The van der Waals surface area contributed by atoms with Crippen LogP contribution in [0.3, 0.4) is 0 Å². The standard InChI is InChI=1S/C17H24ClN3O4S/c1-25-14-4-2-13(3-5-14)21-8-6-20(7-9-21)10-17(22)19-16-12-26(23,24)11-15(16)18/h2-5,15-16H,6-12H2,1H3,(H,19,22)/p+1/t15-,16-/m1/s1. The minimum absolute atomic E-state index is 0.0620. The van der Waals surface area contributed by atoms with Gasteiger partial charge >= 0.3 is 0 Å². The Hall–Kier alpha value is -1.51. The molecular formula is C17H25ClN3O4S+. The summed E-state index contributed by atoms with van der Waals surface area (Å²) in [7, 11) is -1.49. The fraction of sp³-hybridized carbons (Fsp3) is 0.588. The van der Waals surface area contributed by atoms with Crippen LogP contribution in [0, 0.1) is 0 Å².